The van der Waals surface area contributed by atoms with Gasteiger partial charge in [-0.3, -0.25) is 4.68 Å². The van der Waals surface area contributed by atoms with E-state index in [-0.39, 0.29) is 0 Å². The molecular weight excluding hydrogens is 114 g/mol. The van der Waals surface area contributed by atoms with Crippen molar-refractivity contribution >= 4 is 0 Å². The third kappa shape index (κ3) is 0.954. The van der Waals surface area contributed by atoms with E-state index in [4.69, 9.17) is 0 Å². The summed E-state index contributed by atoms with van der Waals surface area (Å²) < 4.78 is 1.86. The molecule has 0 unspecified atom stereocenters. The van der Waals surface area contributed by atoms with E-state index in [1.807, 2.05) is 24.9 Å². The SMILES string of the molecule is Cc1c(C[NH3+])cnn1C. The van der Waals surface area contributed by atoms with Crippen molar-refractivity contribution in [2.24, 2.45) is 7.05 Å². The van der Waals surface area contributed by atoms with E-state index in [1.54, 1.807) is 0 Å². The third-order valence-electron chi connectivity index (χ3n) is 1.61. The van der Waals surface area contributed by atoms with Crippen LogP contribution in [0.15, 0.2) is 6.20 Å². The highest BCUT2D eigenvalue weighted by molar-refractivity contribution is 5.13. The van der Waals surface area contributed by atoms with Crippen LogP contribution < -0.4 is 5.73 Å². The third-order valence-corrected chi connectivity index (χ3v) is 1.61. The second-order valence-corrected chi connectivity index (χ2v) is 2.13. The molecule has 0 amide bonds. The maximum Gasteiger partial charge on any atom is 0.103 e. The van der Waals surface area contributed by atoms with Gasteiger partial charge in [-0.05, 0) is 6.92 Å². The summed E-state index contributed by atoms with van der Waals surface area (Å²) in [6, 6.07) is 0. The first kappa shape index (κ1) is 6.29. The van der Waals surface area contributed by atoms with E-state index in [2.05, 4.69) is 10.8 Å². The van der Waals surface area contributed by atoms with Crippen LogP contribution in [0.2, 0.25) is 0 Å². The Balaban J connectivity index is 3.04. The summed E-state index contributed by atoms with van der Waals surface area (Å²) in [5, 5.41) is 4.06. The molecule has 0 fully saturated rings. The Morgan fingerprint density at radius 2 is 2.44 bits per heavy atom. The van der Waals surface area contributed by atoms with Gasteiger partial charge in [-0.2, -0.15) is 5.10 Å². The van der Waals surface area contributed by atoms with Gasteiger partial charge in [0.05, 0.1) is 6.20 Å². The molecule has 1 heterocycles. The minimum absolute atomic E-state index is 0.833. The van der Waals surface area contributed by atoms with Crippen LogP contribution in [0.4, 0.5) is 0 Å². The monoisotopic (exact) mass is 126 g/mol. The summed E-state index contributed by atoms with van der Waals surface area (Å²) in [6.45, 7) is 2.88. The summed E-state index contributed by atoms with van der Waals surface area (Å²) in [7, 11) is 1.94. The first-order valence-corrected chi connectivity index (χ1v) is 3.02. The standard InChI is InChI=1S/C6H11N3/c1-5-6(3-7)4-8-9(5)2/h4H,3,7H2,1-2H3/p+1. The van der Waals surface area contributed by atoms with Crippen molar-refractivity contribution in [1.82, 2.24) is 9.78 Å². The molecule has 3 N–H and O–H groups in total. The highest BCUT2D eigenvalue weighted by Crippen LogP contribution is 2.01. The molecule has 3 nitrogen and oxygen atoms in total. The van der Waals surface area contributed by atoms with Crippen molar-refractivity contribution < 1.29 is 5.73 Å². The van der Waals surface area contributed by atoms with Gasteiger partial charge in [-0.25, -0.2) is 0 Å². The van der Waals surface area contributed by atoms with Gasteiger partial charge in [-0.1, -0.05) is 0 Å². The van der Waals surface area contributed by atoms with Gasteiger partial charge in [0.1, 0.15) is 6.54 Å². The van der Waals surface area contributed by atoms with Gasteiger partial charge in [0.15, 0.2) is 0 Å². The van der Waals surface area contributed by atoms with Crippen LogP contribution in [-0.4, -0.2) is 9.78 Å². The van der Waals surface area contributed by atoms with Crippen LogP contribution in [0, 0.1) is 6.92 Å². The minimum Gasteiger partial charge on any atom is -0.354 e. The summed E-state index contributed by atoms with van der Waals surface area (Å²) in [4.78, 5) is 0. The number of hydrogen-bond acceptors (Lipinski definition) is 1. The summed E-state index contributed by atoms with van der Waals surface area (Å²) in [6.07, 6.45) is 1.86. The summed E-state index contributed by atoms with van der Waals surface area (Å²) in [5.74, 6) is 0. The van der Waals surface area contributed by atoms with Gasteiger partial charge in [0.2, 0.25) is 0 Å². The van der Waals surface area contributed by atoms with Crippen LogP contribution in [0.1, 0.15) is 11.3 Å². The average Bonchev–Trinajstić information content (AvgIpc) is 2.15. The fourth-order valence-corrected chi connectivity index (χ4v) is 0.790. The van der Waals surface area contributed by atoms with Crippen LogP contribution in [0.3, 0.4) is 0 Å². The lowest BCUT2D eigenvalue weighted by Crippen LogP contribution is -2.47. The molecule has 0 aromatic carbocycles. The van der Waals surface area contributed by atoms with Crippen molar-refractivity contribution in [3.8, 4) is 0 Å². The zero-order chi connectivity index (χ0) is 6.85. The summed E-state index contributed by atoms with van der Waals surface area (Å²) >= 11 is 0. The Morgan fingerprint density at radius 1 is 1.78 bits per heavy atom. The predicted molar refractivity (Wildman–Crippen MR) is 34.5 cm³/mol. The maximum atomic E-state index is 4.06. The first-order valence-electron chi connectivity index (χ1n) is 3.02. The minimum atomic E-state index is 0.833. The lowest BCUT2D eigenvalue weighted by Gasteiger charge is -1.92. The average molecular weight is 126 g/mol. The van der Waals surface area contributed by atoms with Gasteiger partial charge in [0, 0.05) is 18.3 Å². The first-order chi connectivity index (χ1) is 4.25. The molecule has 0 radical (unpaired) electrons. The van der Waals surface area contributed by atoms with Crippen molar-refractivity contribution in [1.29, 1.82) is 0 Å². The lowest BCUT2D eigenvalue weighted by molar-refractivity contribution is -0.386. The van der Waals surface area contributed by atoms with E-state index < -0.39 is 0 Å². The molecule has 1 rings (SSSR count). The van der Waals surface area contributed by atoms with E-state index in [9.17, 15) is 0 Å². The highest BCUT2D eigenvalue weighted by atomic mass is 15.3. The molecule has 0 saturated carbocycles. The zero-order valence-electron chi connectivity index (χ0n) is 5.89. The molecule has 0 atom stereocenters. The number of hydrogen-bond donors (Lipinski definition) is 1. The largest absolute Gasteiger partial charge is 0.354 e. The molecule has 0 aliphatic rings. The van der Waals surface area contributed by atoms with Crippen molar-refractivity contribution in [3.05, 3.63) is 17.5 Å². The topological polar surface area (TPSA) is 45.5 Å². The molecule has 3 heteroatoms. The Labute approximate surface area is 54.5 Å². The van der Waals surface area contributed by atoms with Crippen LogP contribution in [0.5, 0.6) is 0 Å². The van der Waals surface area contributed by atoms with Crippen molar-refractivity contribution in [2.45, 2.75) is 13.5 Å². The molecule has 0 saturated heterocycles. The molecule has 9 heavy (non-hydrogen) atoms. The quantitative estimate of drug-likeness (QED) is 0.540. The molecule has 50 valence electrons. The number of aromatic nitrogens is 2. The predicted octanol–water partition coefficient (Wildman–Crippen LogP) is -0.530. The van der Waals surface area contributed by atoms with Gasteiger partial charge in [0.25, 0.3) is 0 Å². The number of rotatable bonds is 1. The molecule has 0 aliphatic heterocycles. The molecule has 1 aromatic rings. The fourth-order valence-electron chi connectivity index (χ4n) is 0.790. The number of aryl methyl sites for hydroxylation is 1. The van der Waals surface area contributed by atoms with Crippen molar-refractivity contribution in [2.75, 3.05) is 0 Å². The number of quaternary nitrogens is 1. The van der Waals surface area contributed by atoms with E-state index in [1.165, 1.54) is 11.3 Å². The Morgan fingerprint density at radius 3 is 2.67 bits per heavy atom. The zero-order valence-corrected chi connectivity index (χ0v) is 5.89. The molecular formula is C6H12N3+. The Hall–Kier alpha value is -0.830. The van der Waals surface area contributed by atoms with Crippen molar-refractivity contribution in [3.63, 3.8) is 0 Å². The van der Waals surface area contributed by atoms with E-state index in [0.29, 0.717) is 0 Å². The highest BCUT2D eigenvalue weighted by Gasteiger charge is 2.00. The van der Waals surface area contributed by atoms with Gasteiger partial charge in [-0.15, -0.1) is 0 Å². The molecule has 0 spiro atoms. The second-order valence-electron chi connectivity index (χ2n) is 2.13. The number of nitrogens with zero attached hydrogens (tertiary/aromatic N) is 2. The van der Waals surface area contributed by atoms with Crippen LogP contribution in [-0.2, 0) is 13.6 Å². The summed E-state index contributed by atoms with van der Waals surface area (Å²) in [5.41, 5.74) is 6.22. The smallest absolute Gasteiger partial charge is 0.103 e. The normalized spacial score (nSPS) is 10.1. The van der Waals surface area contributed by atoms with Crippen LogP contribution in [0.25, 0.3) is 0 Å². The Bertz CT molecular complexity index is 202. The molecule has 1 aromatic heterocycles. The van der Waals surface area contributed by atoms with Gasteiger partial charge >= 0.3 is 0 Å². The lowest BCUT2D eigenvalue weighted by atomic mass is 10.3. The van der Waals surface area contributed by atoms with E-state index >= 15 is 0 Å². The van der Waals surface area contributed by atoms with E-state index in [0.717, 1.165) is 6.54 Å². The van der Waals surface area contributed by atoms with Crippen LogP contribution >= 0.6 is 0 Å². The molecule has 0 bridgehead atoms. The Kier molecular flexibility index (Phi) is 1.53. The fraction of sp³-hybridized carbons (Fsp3) is 0.500. The van der Waals surface area contributed by atoms with Gasteiger partial charge < -0.3 is 5.73 Å². The maximum absolute atomic E-state index is 4.06. The second kappa shape index (κ2) is 2.19. The molecule has 0 aliphatic carbocycles.